The Morgan fingerprint density at radius 1 is 0.696 bits per heavy atom. The lowest BCUT2D eigenvalue weighted by atomic mass is 10.2. The Morgan fingerprint density at radius 3 is 1.35 bits per heavy atom. The van der Waals surface area contributed by atoms with Gasteiger partial charge in [-0.1, -0.05) is 0 Å². The monoisotopic (exact) mass is 490 g/mol. The van der Waals surface area contributed by atoms with Crippen molar-refractivity contribution in [1.82, 2.24) is 0 Å². The number of alkyl halides is 11. The maximum absolute atomic E-state index is 13.2. The SMILES string of the molecule is FC(F)=C(F)OC(F)(C(F)(F)F)C(F)(F)OC(F)(F)C(F)(F)I. The summed E-state index contributed by atoms with van der Waals surface area (Å²) in [4.78, 5) is 0. The van der Waals surface area contributed by atoms with E-state index >= 15 is 0 Å². The molecule has 0 aromatic heterocycles. The molecule has 0 saturated carbocycles. The molecule has 0 radical (unpaired) electrons. The van der Waals surface area contributed by atoms with E-state index < -0.39 is 62.9 Å². The van der Waals surface area contributed by atoms with Crippen molar-refractivity contribution < 1.29 is 66.5 Å². The van der Waals surface area contributed by atoms with Crippen LogP contribution in [0.4, 0.5) is 57.1 Å². The molecular formula is C7F13IO2. The zero-order valence-corrected chi connectivity index (χ0v) is 11.8. The number of ether oxygens (including phenoxy) is 2. The van der Waals surface area contributed by atoms with Gasteiger partial charge in [-0.3, -0.25) is 0 Å². The number of hydrogen-bond donors (Lipinski definition) is 0. The topological polar surface area (TPSA) is 18.5 Å². The summed E-state index contributed by atoms with van der Waals surface area (Å²) in [5, 5.41) is 0. The fraction of sp³-hybridized carbons (Fsp3) is 0.714. The van der Waals surface area contributed by atoms with Crippen molar-refractivity contribution in [2.24, 2.45) is 0 Å². The second kappa shape index (κ2) is 6.32. The molecule has 0 amide bonds. The van der Waals surface area contributed by atoms with E-state index in [4.69, 9.17) is 0 Å². The standard InChI is InChI=1S/C7F13IO2/c8-1(9)2(10)22-3(11,4(12,13)14)6(17,18)23-7(19,20)5(15,16)21. The molecule has 0 spiro atoms. The van der Waals surface area contributed by atoms with Gasteiger partial charge in [0.2, 0.25) is 0 Å². The summed E-state index contributed by atoms with van der Waals surface area (Å²) in [6, 6.07) is -3.86. The minimum absolute atomic E-state index is 0.545. The molecular weight excluding hydrogens is 490 g/mol. The lowest BCUT2D eigenvalue weighted by Gasteiger charge is -2.35. The Kier molecular flexibility index (Phi) is 6.13. The lowest BCUT2D eigenvalue weighted by Crippen LogP contribution is -2.61. The molecule has 2 nitrogen and oxygen atoms in total. The molecule has 16 heteroatoms. The Bertz CT molecular complexity index is 462. The average Bonchev–Trinajstić information content (AvgIpc) is 2.23. The van der Waals surface area contributed by atoms with Gasteiger partial charge in [0.1, 0.15) is 0 Å². The zero-order valence-electron chi connectivity index (χ0n) is 9.61. The van der Waals surface area contributed by atoms with Crippen LogP contribution in [0.3, 0.4) is 0 Å². The van der Waals surface area contributed by atoms with Gasteiger partial charge in [-0.05, 0) is 0 Å². The minimum atomic E-state index is -7.15. The van der Waals surface area contributed by atoms with Gasteiger partial charge in [0.05, 0.1) is 0 Å². The van der Waals surface area contributed by atoms with Crippen molar-refractivity contribution >= 4 is 22.6 Å². The first-order valence-electron chi connectivity index (χ1n) is 4.46. The summed E-state index contributed by atoms with van der Waals surface area (Å²) in [7, 11) is 0. The first kappa shape index (κ1) is 22.3. The summed E-state index contributed by atoms with van der Waals surface area (Å²) >= 11 is -0.545. The van der Waals surface area contributed by atoms with E-state index in [0.29, 0.717) is 0 Å². The zero-order chi connectivity index (χ0) is 19.1. The molecule has 0 aliphatic rings. The molecule has 0 heterocycles. The van der Waals surface area contributed by atoms with Crippen LogP contribution in [0.2, 0.25) is 0 Å². The van der Waals surface area contributed by atoms with E-state index in [-0.39, 0.29) is 0 Å². The van der Waals surface area contributed by atoms with Gasteiger partial charge in [0.15, 0.2) is 0 Å². The molecule has 0 saturated heterocycles. The highest BCUT2D eigenvalue weighted by molar-refractivity contribution is 14.1. The highest BCUT2D eigenvalue weighted by atomic mass is 127. The van der Waals surface area contributed by atoms with Gasteiger partial charge < -0.3 is 4.74 Å². The summed E-state index contributed by atoms with van der Waals surface area (Å²) in [5.41, 5.74) is 0. The van der Waals surface area contributed by atoms with Crippen molar-refractivity contribution in [1.29, 1.82) is 0 Å². The second-order valence-corrected chi connectivity index (χ2v) is 4.72. The molecule has 0 rings (SSSR count). The highest BCUT2D eigenvalue weighted by Crippen LogP contribution is 2.53. The van der Waals surface area contributed by atoms with Crippen LogP contribution in [0.1, 0.15) is 0 Å². The normalized spacial score (nSPS) is 16.8. The van der Waals surface area contributed by atoms with Gasteiger partial charge in [-0.15, -0.1) is 0 Å². The molecule has 0 N–H and O–H groups in total. The van der Waals surface area contributed by atoms with Crippen molar-refractivity contribution in [3.8, 4) is 0 Å². The third kappa shape index (κ3) is 4.66. The van der Waals surface area contributed by atoms with Crippen molar-refractivity contribution in [3.63, 3.8) is 0 Å². The van der Waals surface area contributed by atoms with Crippen LogP contribution in [0, 0.1) is 0 Å². The molecule has 0 bridgehead atoms. The predicted molar refractivity (Wildman–Crippen MR) is 51.3 cm³/mol. The third-order valence-electron chi connectivity index (χ3n) is 1.70. The first-order valence-corrected chi connectivity index (χ1v) is 5.54. The minimum Gasteiger partial charge on any atom is -0.414 e. The lowest BCUT2D eigenvalue weighted by molar-refractivity contribution is -0.504. The average molecular weight is 490 g/mol. The predicted octanol–water partition coefficient (Wildman–Crippen LogP) is 5.50. The molecule has 0 aromatic carbocycles. The van der Waals surface area contributed by atoms with E-state index in [0.717, 1.165) is 0 Å². The van der Waals surface area contributed by atoms with E-state index in [1.165, 1.54) is 0 Å². The Labute approximate surface area is 130 Å². The molecule has 138 valence electrons. The Morgan fingerprint density at radius 2 is 1.09 bits per heavy atom. The maximum atomic E-state index is 13.2. The number of hydrogen-bond acceptors (Lipinski definition) is 2. The van der Waals surface area contributed by atoms with Gasteiger partial charge in [-0.25, -0.2) is 4.74 Å². The fourth-order valence-corrected chi connectivity index (χ4v) is 0.839. The smallest absolute Gasteiger partial charge is 0.414 e. The van der Waals surface area contributed by atoms with Gasteiger partial charge in [0, 0.05) is 22.6 Å². The third-order valence-corrected chi connectivity index (χ3v) is 2.33. The fourth-order valence-electron chi connectivity index (χ4n) is 0.729. The quantitative estimate of drug-likeness (QED) is 0.212. The highest BCUT2D eigenvalue weighted by Gasteiger charge is 2.80. The molecule has 1 unspecified atom stereocenters. The summed E-state index contributed by atoms with van der Waals surface area (Å²) < 4.78 is 159. The van der Waals surface area contributed by atoms with Crippen molar-refractivity contribution in [2.45, 2.75) is 28.2 Å². The molecule has 0 aliphatic heterocycles. The summed E-state index contributed by atoms with van der Waals surface area (Å²) in [6.45, 7) is 0. The van der Waals surface area contributed by atoms with Crippen LogP contribution in [-0.4, -0.2) is 28.2 Å². The van der Waals surface area contributed by atoms with Crippen LogP contribution in [0.5, 0.6) is 0 Å². The Hall–Kier alpha value is -0.680. The molecule has 0 aromatic rings. The van der Waals surface area contributed by atoms with Crippen LogP contribution in [0.25, 0.3) is 0 Å². The van der Waals surface area contributed by atoms with Crippen LogP contribution < -0.4 is 0 Å². The van der Waals surface area contributed by atoms with Crippen molar-refractivity contribution in [3.05, 3.63) is 12.1 Å². The summed E-state index contributed by atoms with van der Waals surface area (Å²) in [6.07, 6.45) is -24.5. The van der Waals surface area contributed by atoms with Crippen molar-refractivity contribution in [2.75, 3.05) is 0 Å². The van der Waals surface area contributed by atoms with Crippen LogP contribution in [-0.2, 0) is 9.47 Å². The van der Waals surface area contributed by atoms with Gasteiger partial charge >= 0.3 is 40.3 Å². The summed E-state index contributed by atoms with van der Waals surface area (Å²) in [5.74, 6) is -6.97. The van der Waals surface area contributed by atoms with Gasteiger partial charge in [0.25, 0.3) is 0 Å². The van der Waals surface area contributed by atoms with E-state index in [1.807, 2.05) is 4.74 Å². The Balaban J connectivity index is 5.96. The number of rotatable bonds is 6. The van der Waals surface area contributed by atoms with E-state index in [1.54, 1.807) is 4.74 Å². The molecule has 23 heavy (non-hydrogen) atoms. The first-order chi connectivity index (χ1) is 9.78. The molecule has 0 fully saturated rings. The maximum Gasteiger partial charge on any atom is 0.470 e. The van der Waals surface area contributed by atoms with E-state index in [2.05, 4.69) is 0 Å². The molecule has 1 atom stereocenters. The van der Waals surface area contributed by atoms with E-state index in [9.17, 15) is 57.1 Å². The second-order valence-electron chi connectivity index (χ2n) is 3.36. The largest absolute Gasteiger partial charge is 0.470 e. The van der Waals surface area contributed by atoms with Crippen LogP contribution >= 0.6 is 22.6 Å². The van der Waals surface area contributed by atoms with Gasteiger partial charge in [-0.2, -0.15) is 57.1 Å². The molecule has 0 aliphatic carbocycles. The number of halogens is 14. The van der Waals surface area contributed by atoms with Crippen LogP contribution in [0.15, 0.2) is 12.1 Å².